The van der Waals surface area contributed by atoms with Crippen molar-refractivity contribution in [2.45, 2.75) is 38.9 Å². The van der Waals surface area contributed by atoms with E-state index >= 15 is 0 Å². The second-order valence-corrected chi connectivity index (χ2v) is 7.71. The number of hydrogen-bond acceptors (Lipinski definition) is 4. The number of piperazine rings is 1. The third-order valence-corrected chi connectivity index (χ3v) is 6.35. The molecular weight excluding hydrogens is 332 g/mol. The first-order valence-electron chi connectivity index (χ1n) is 9.45. The summed E-state index contributed by atoms with van der Waals surface area (Å²) in [7, 11) is 0. The summed E-state index contributed by atoms with van der Waals surface area (Å²) in [5.41, 5.74) is 3.77. The molecule has 2 bridgehead atoms. The fourth-order valence-corrected chi connectivity index (χ4v) is 4.76. The third kappa shape index (κ3) is 2.76. The number of amides is 1. The maximum Gasteiger partial charge on any atom is 0.310 e. The van der Waals surface area contributed by atoms with Gasteiger partial charge in [-0.15, -0.1) is 0 Å². The van der Waals surface area contributed by atoms with Crippen LogP contribution in [-0.4, -0.2) is 60.3 Å². The zero-order valence-corrected chi connectivity index (χ0v) is 15.4. The van der Waals surface area contributed by atoms with E-state index in [0.717, 1.165) is 25.9 Å². The van der Waals surface area contributed by atoms with Gasteiger partial charge in [-0.1, -0.05) is 12.1 Å². The van der Waals surface area contributed by atoms with Crippen molar-refractivity contribution in [1.82, 2.24) is 4.90 Å². The van der Waals surface area contributed by atoms with E-state index < -0.39 is 17.8 Å². The van der Waals surface area contributed by atoms with Gasteiger partial charge in [-0.2, -0.15) is 0 Å². The van der Waals surface area contributed by atoms with Crippen LogP contribution in [0.5, 0.6) is 0 Å². The number of hydrogen-bond donors (Lipinski definition) is 1. The van der Waals surface area contributed by atoms with Crippen molar-refractivity contribution in [2.75, 3.05) is 31.1 Å². The van der Waals surface area contributed by atoms with Gasteiger partial charge in [0.05, 0.1) is 24.0 Å². The highest BCUT2D eigenvalue weighted by molar-refractivity contribution is 5.87. The Hall–Kier alpha value is -2.08. The average molecular weight is 358 g/mol. The molecule has 1 aromatic carbocycles. The zero-order valence-electron chi connectivity index (χ0n) is 15.4. The standard InChI is InChI=1S/C20H26N2O4/c1-12-4-3-5-14(13(12)2)21-8-10-22(11-9-21)19(23)17-15-6-7-16(26-15)18(17)20(24)25/h3-5,15-18H,6-11H2,1-2H3,(H,24,25)/t15-,16-,17+,18-/m1/s1. The van der Waals surface area contributed by atoms with Crippen LogP contribution in [0.15, 0.2) is 18.2 Å². The molecule has 3 saturated heterocycles. The molecule has 26 heavy (non-hydrogen) atoms. The van der Waals surface area contributed by atoms with E-state index in [0.29, 0.717) is 13.1 Å². The van der Waals surface area contributed by atoms with Gasteiger partial charge in [0.1, 0.15) is 0 Å². The van der Waals surface area contributed by atoms with Crippen LogP contribution in [0.2, 0.25) is 0 Å². The Labute approximate surface area is 153 Å². The molecule has 140 valence electrons. The Morgan fingerprint density at radius 1 is 1.04 bits per heavy atom. The molecule has 3 aliphatic rings. The summed E-state index contributed by atoms with van der Waals surface area (Å²) in [6.45, 7) is 7.05. The summed E-state index contributed by atoms with van der Waals surface area (Å²) < 4.78 is 5.75. The number of benzene rings is 1. The van der Waals surface area contributed by atoms with Crippen LogP contribution in [0.4, 0.5) is 5.69 Å². The minimum Gasteiger partial charge on any atom is -0.481 e. The number of carbonyl (C=O) groups excluding carboxylic acids is 1. The lowest BCUT2D eigenvalue weighted by Crippen LogP contribution is -2.53. The number of anilines is 1. The SMILES string of the molecule is Cc1cccc(N2CCN(C(=O)[C@@H]3[C@H](C(=O)O)[C@H]4CC[C@H]3O4)CC2)c1C. The summed E-state index contributed by atoms with van der Waals surface area (Å²) >= 11 is 0. The first-order valence-corrected chi connectivity index (χ1v) is 9.45. The van der Waals surface area contributed by atoms with Gasteiger partial charge in [0.2, 0.25) is 5.91 Å². The number of carboxylic acids is 1. The highest BCUT2D eigenvalue weighted by Gasteiger charge is 2.56. The number of aryl methyl sites for hydroxylation is 1. The molecule has 4 atom stereocenters. The summed E-state index contributed by atoms with van der Waals surface area (Å²) in [4.78, 5) is 28.8. The Kier molecular flexibility index (Phi) is 4.39. The molecule has 3 aliphatic heterocycles. The lowest BCUT2D eigenvalue weighted by Gasteiger charge is -2.39. The molecular formula is C20H26N2O4. The molecule has 4 rings (SSSR count). The van der Waals surface area contributed by atoms with E-state index in [2.05, 4.69) is 36.9 Å². The van der Waals surface area contributed by atoms with E-state index in [9.17, 15) is 14.7 Å². The number of carbonyl (C=O) groups is 2. The van der Waals surface area contributed by atoms with Crippen molar-refractivity contribution >= 4 is 17.6 Å². The number of ether oxygens (including phenoxy) is 1. The van der Waals surface area contributed by atoms with Crippen LogP contribution < -0.4 is 4.90 Å². The van der Waals surface area contributed by atoms with Gasteiger partial charge in [-0.3, -0.25) is 9.59 Å². The fraction of sp³-hybridized carbons (Fsp3) is 0.600. The monoisotopic (exact) mass is 358 g/mol. The highest BCUT2D eigenvalue weighted by atomic mass is 16.5. The topological polar surface area (TPSA) is 70.1 Å². The van der Waals surface area contributed by atoms with Crippen molar-refractivity contribution in [1.29, 1.82) is 0 Å². The molecule has 1 amide bonds. The Balaban J connectivity index is 1.44. The van der Waals surface area contributed by atoms with Crippen molar-refractivity contribution in [2.24, 2.45) is 11.8 Å². The predicted octanol–water partition coefficient (Wildman–Crippen LogP) is 1.83. The van der Waals surface area contributed by atoms with Crippen LogP contribution in [0.25, 0.3) is 0 Å². The molecule has 3 fully saturated rings. The van der Waals surface area contributed by atoms with Gasteiger partial charge >= 0.3 is 5.97 Å². The average Bonchev–Trinajstić information content (AvgIpc) is 3.25. The zero-order chi connectivity index (χ0) is 18.4. The van der Waals surface area contributed by atoms with E-state index in [1.54, 1.807) is 0 Å². The van der Waals surface area contributed by atoms with Gasteiger partial charge in [-0.05, 0) is 43.9 Å². The van der Waals surface area contributed by atoms with Crippen LogP contribution >= 0.6 is 0 Å². The van der Waals surface area contributed by atoms with Crippen LogP contribution in [-0.2, 0) is 14.3 Å². The number of carboxylic acid groups (broad SMARTS) is 1. The Bertz CT molecular complexity index is 727. The Morgan fingerprint density at radius 3 is 2.35 bits per heavy atom. The quantitative estimate of drug-likeness (QED) is 0.893. The molecule has 0 spiro atoms. The van der Waals surface area contributed by atoms with Crippen molar-refractivity contribution in [3.8, 4) is 0 Å². The lowest BCUT2D eigenvalue weighted by molar-refractivity contribution is -0.151. The molecule has 0 unspecified atom stereocenters. The highest BCUT2D eigenvalue weighted by Crippen LogP contribution is 2.44. The predicted molar refractivity (Wildman–Crippen MR) is 97.2 cm³/mol. The van der Waals surface area contributed by atoms with Crippen LogP contribution in [0, 0.1) is 25.7 Å². The number of nitrogens with zero attached hydrogens (tertiary/aromatic N) is 2. The number of fused-ring (bicyclic) bond motifs is 2. The molecule has 0 saturated carbocycles. The van der Waals surface area contributed by atoms with Gasteiger partial charge < -0.3 is 19.6 Å². The van der Waals surface area contributed by atoms with E-state index in [1.807, 2.05) is 4.90 Å². The molecule has 3 heterocycles. The van der Waals surface area contributed by atoms with E-state index in [4.69, 9.17) is 4.74 Å². The minimum absolute atomic E-state index is 0.0368. The maximum absolute atomic E-state index is 13.0. The second-order valence-electron chi connectivity index (χ2n) is 7.71. The molecule has 0 aliphatic carbocycles. The summed E-state index contributed by atoms with van der Waals surface area (Å²) in [6.07, 6.45) is 1.05. The lowest BCUT2D eigenvalue weighted by atomic mass is 9.78. The molecule has 1 aromatic rings. The molecule has 6 nitrogen and oxygen atoms in total. The normalized spacial score (nSPS) is 30.7. The van der Waals surface area contributed by atoms with E-state index in [-0.39, 0.29) is 18.1 Å². The summed E-state index contributed by atoms with van der Waals surface area (Å²) in [5.74, 6) is -2.13. The minimum atomic E-state index is -0.899. The first kappa shape index (κ1) is 17.3. The van der Waals surface area contributed by atoms with Crippen LogP contribution in [0.1, 0.15) is 24.0 Å². The smallest absolute Gasteiger partial charge is 0.310 e. The van der Waals surface area contributed by atoms with Gasteiger partial charge in [0.15, 0.2) is 0 Å². The summed E-state index contributed by atoms with van der Waals surface area (Å²) in [5, 5.41) is 9.54. The fourth-order valence-electron chi connectivity index (χ4n) is 4.76. The third-order valence-electron chi connectivity index (χ3n) is 6.35. The van der Waals surface area contributed by atoms with Crippen molar-refractivity contribution in [3.05, 3.63) is 29.3 Å². The molecule has 6 heteroatoms. The van der Waals surface area contributed by atoms with Gasteiger partial charge in [-0.25, -0.2) is 0 Å². The second kappa shape index (κ2) is 6.58. The molecule has 0 radical (unpaired) electrons. The first-order chi connectivity index (χ1) is 12.5. The largest absolute Gasteiger partial charge is 0.481 e. The van der Waals surface area contributed by atoms with Crippen LogP contribution in [0.3, 0.4) is 0 Å². The van der Waals surface area contributed by atoms with E-state index in [1.165, 1.54) is 16.8 Å². The van der Waals surface area contributed by atoms with Crippen molar-refractivity contribution < 1.29 is 19.4 Å². The number of aliphatic carboxylic acids is 1. The molecule has 1 N–H and O–H groups in total. The number of rotatable bonds is 3. The van der Waals surface area contributed by atoms with Gasteiger partial charge in [0, 0.05) is 31.9 Å². The van der Waals surface area contributed by atoms with Crippen molar-refractivity contribution in [3.63, 3.8) is 0 Å². The Morgan fingerprint density at radius 2 is 1.69 bits per heavy atom. The maximum atomic E-state index is 13.0. The summed E-state index contributed by atoms with van der Waals surface area (Å²) in [6, 6.07) is 6.31. The van der Waals surface area contributed by atoms with Gasteiger partial charge in [0.25, 0.3) is 0 Å². The molecule has 0 aromatic heterocycles.